The van der Waals surface area contributed by atoms with Crippen molar-refractivity contribution in [3.8, 4) is 0 Å². The summed E-state index contributed by atoms with van der Waals surface area (Å²) in [6.07, 6.45) is 0.909. The van der Waals surface area contributed by atoms with Crippen molar-refractivity contribution >= 4 is 27.5 Å². The minimum Gasteiger partial charge on any atom is -0.352 e. The summed E-state index contributed by atoms with van der Waals surface area (Å²) in [6.45, 7) is 6.57. The minimum atomic E-state index is -3.97. The summed E-state index contributed by atoms with van der Waals surface area (Å²) in [5, 5.41) is 2.77. The Morgan fingerprint density at radius 2 is 1.72 bits per heavy atom. The van der Waals surface area contributed by atoms with Gasteiger partial charge in [-0.3, -0.25) is 13.9 Å². The molecule has 2 rings (SSSR count). The smallest absolute Gasteiger partial charge is 0.244 e. The summed E-state index contributed by atoms with van der Waals surface area (Å²) >= 11 is 0. The van der Waals surface area contributed by atoms with E-state index in [9.17, 15) is 22.4 Å². The van der Waals surface area contributed by atoms with E-state index >= 15 is 0 Å². The van der Waals surface area contributed by atoms with E-state index in [2.05, 4.69) is 5.32 Å². The molecule has 0 spiro atoms. The van der Waals surface area contributed by atoms with Crippen molar-refractivity contribution in [1.29, 1.82) is 0 Å². The van der Waals surface area contributed by atoms with Crippen LogP contribution in [0.1, 0.15) is 31.9 Å². The van der Waals surface area contributed by atoms with Crippen LogP contribution in [0.5, 0.6) is 0 Å². The molecular formula is C23H30FN3O4S. The second kappa shape index (κ2) is 10.6. The van der Waals surface area contributed by atoms with Gasteiger partial charge in [-0.25, -0.2) is 12.8 Å². The normalized spacial score (nSPS) is 12.3. The van der Waals surface area contributed by atoms with Gasteiger partial charge in [-0.2, -0.15) is 0 Å². The number of nitrogens with one attached hydrogen (secondary N) is 1. The van der Waals surface area contributed by atoms with Gasteiger partial charge < -0.3 is 10.2 Å². The van der Waals surface area contributed by atoms with Crippen LogP contribution in [0, 0.1) is 12.7 Å². The van der Waals surface area contributed by atoms with Crippen LogP contribution in [-0.4, -0.2) is 50.0 Å². The predicted octanol–water partition coefficient (Wildman–Crippen LogP) is 2.84. The van der Waals surface area contributed by atoms with Crippen LogP contribution in [0.15, 0.2) is 48.5 Å². The number of aryl methyl sites for hydroxylation is 1. The molecule has 0 saturated carbocycles. The number of para-hydroxylation sites is 1. The largest absolute Gasteiger partial charge is 0.352 e. The summed E-state index contributed by atoms with van der Waals surface area (Å²) in [4.78, 5) is 27.3. The fourth-order valence-electron chi connectivity index (χ4n) is 3.24. The Labute approximate surface area is 189 Å². The van der Waals surface area contributed by atoms with Crippen LogP contribution < -0.4 is 9.62 Å². The lowest BCUT2D eigenvalue weighted by Gasteiger charge is -2.32. The molecule has 0 aliphatic carbocycles. The van der Waals surface area contributed by atoms with Crippen molar-refractivity contribution in [2.45, 2.75) is 46.3 Å². The first kappa shape index (κ1) is 25.3. The number of anilines is 1. The van der Waals surface area contributed by atoms with Crippen LogP contribution in [0.4, 0.5) is 10.1 Å². The van der Waals surface area contributed by atoms with Crippen LogP contribution in [0.3, 0.4) is 0 Å². The average molecular weight is 464 g/mol. The number of benzene rings is 2. The number of nitrogens with zero attached hydrogens (tertiary/aromatic N) is 2. The van der Waals surface area contributed by atoms with Gasteiger partial charge in [0.1, 0.15) is 18.4 Å². The number of amides is 2. The Kier molecular flexibility index (Phi) is 8.38. The van der Waals surface area contributed by atoms with Gasteiger partial charge in [-0.1, -0.05) is 42.0 Å². The zero-order valence-corrected chi connectivity index (χ0v) is 19.8. The van der Waals surface area contributed by atoms with E-state index < -0.39 is 34.3 Å². The number of sulfonamides is 1. The van der Waals surface area contributed by atoms with Gasteiger partial charge in [0.05, 0.1) is 11.9 Å². The molecular weight excluding hydrogens is 433 g/mol. The minimum absolute atomic E-state index is 0.0993. The van der Waals surface area contributed by atoms with E-state index in [0.717, 1.165) is 27.8 Å². The SMILES string of the molecule is Cc1cccc(CN(C(=O)CN(c2ccccc2F)S(C)(=O)=O)C(C)C(=O)NC(C)C)c1. The quantitative estimate of drug-likeness (QED) is 0.620. The van der Waals surface area contributed by atoms with Crippen molar-refractivity contribution in [3.63, 3.8) is 0 Å². The molecule has 1 unspecified atom stereocenters. The molecule has 9 heteroatoms. The van der Waals surface area contributed by atoms with Crippen molar-refractivity contribution in [2.75, 3.05) is 17.1 Å². The van der Waals surface area contributed by atoms with Crippen molar-refractivity contribution in [2.24, 2.45) is 0 Å². The highest BCUT2D eigenvalue weighted by molar-refractivity contribution is 7.92. The fourth-order valence-corrected chi connectivity index (χ4v) is 4.09. The van der Waals surface area contributed by atoms with Gasteiger partial charge in [-0.15, -0.1) is 0 Å². The van der Waals surface area contributed by atoms with E-state index in [-0.39, 0.29) is 24.2 Å². The van der Waals surface area contributed by atoms with Gasteiger partial charge >= 0.3 is 0 Å². The first-order valence-electron chi connectivity index (χ1n) is 10.3. The maximum atomic E-state index is 14.3. The predicted molar refractivity (Wildman–Crippen MR) is 123 cm³/mol. The molecule has 0 radical (unpaired) electrons. The molecule has 2 amide bonds. The number of rotatable bonds is 9. The molecule has 0 heterocycles. The summed E-state index contributed by atoms with van der Waals surface area (Å²) in [5.41, 5.74) is 1.55. The third-order valence-corrected chi connectivity index (χ3v) is 5.96. The van der Waals surface area contributed by atoms with Gasteiger partial charge in [0, 0.05) is 12.6 Å². The van der Waals surface area contributed by atoms with Crippen molar-refractivity contribution in [3.05, 3.63) is 65.5 Å². The topological polar surface area (TPSA) is 86.8 Å². The zero-order chi connectivity index (χ0) is 24.1. The molecule has 174 valence electrons. The highest BCUT2D eigenvalue weighted by Gasteiger charge is 2.31. The molecule has 0 fully saturated rings. The summed E-state index contributed by atoms with van der Waals surface area (Å²) in [5.74, 6) is -1.74. The number of carbonyl (C=O) groups is 2. The summed E-state index contributed by atoms with van der Waals surface area (Å²) < 4.78 is 39.9. The zero-order valence-electron chi connectivity index (χ0n) is 19.0. The molecule has 1 N–H and O–H groups in total. The second-order valence-corrected chi connectivity index (χ2v) is 9.98. The van der Waals surface area contributed by atoms with Crippen molar-refractivity contribution < 1.29 is 22.4 Å². The Balaban J connectivity index is 2.40. The van der Waals surface area contributed by atoms with Crippen LogP contribution in [0.2, 0.25) is 0 Å². The molecule has 0 aromatic heterocycles. The highest BCUT2D eigenvalue weighted by atomic mass is 32.2. The van der Waals surface area contributed by atoms with Gasteiger partial charge in [0.15, 0.2) is 0 Å². The summed E-state index contributed by atoms with van der Waals surface area (Å²) in [7, 11) is -3.97. The van der Waals surface area contributed by atoms with Crippen LogP contribution in [0.25, 0.3) is 0 Å². The standard InChI is InChI=1S/C23H30FN3O4S/c1-16(2)25-23(29)18(4)26(14-19-10-8-9-17(3)13-19)22(28)15-27(32(5,30)31)21-12-7-6-11-20(21)24/h6-13,16,18H,14-15H2,1-5H3,(H,25,29). The second-order valence-electron chi connectivity index (χ2n) is 8.07. The Hall–Kier alpha value is -2.94. The Bertz CT molecular complexity index is 1070. The first-order chi connectivity index (χ1) is 14.9. The van der Waals surface area contributed by atoms with E-state index in [1.807, 2.05) is 31.2 Å². The van der Waals surface area contributed by atoms with E-state index in [4.69, 9.17) is 0 Å². The van der Waals surface area contributed by atoms with Gasteiger partial charge in [0.25, 0.3) is 0 Å². The highest BCUT2D eigenvalue weighted by Crippen LogP contribution is 2.22. The number of carbonyl (C=O) groups excluding carboxylic acids is 2. The third kappa shape index (κ3) is 6.78. The summed E-state index contributed by atoms with van der Waals surface area (Å²) in [6, 6.07) is 11.8. The van der Waals surface area contributed by atoms with Crippen LogP contribution >= 0.6 is 0 Å². The lowest BCUT2D eigenvalue weighted by atomic mass is 10.1. The van der Waals surface area contributed by atoms with E-state index in [0.29, 0.717) is 0 Å². The first-order valence-corrected chi connectivity index (χ1v) is 12.1. The van der Waals surface area contributed by atoms with Crippen molar-refractivity contribution in [1.82, 2.24) is 10.2 Å². The molecule has 2 aromatic rings. The fraction of sp³-hybridized carbons (Fsp3) is 0.391. The van der Waals surface area contributed by atoms with E-state index in [1.165, 1.54) is 23.1 Å². The third-order valence-electron chi connectivity index (χ3n) is 4.83. The number of hydrogen-bond donors (Lipinski definition) is 1. The molecule has 0 saturated heterocycles. The molecule has 7 nitrogen and oxygen atoms in total. The lowest BCUT2D eigenvalue weighted by Crippen LogP contribution is -2.52. The Morgan fingerprint density at radius 1 is 1.06 bits per heavy atom. The molecule has 1 atom stereocenters. The maximum Gasteiger partial charge on any atom is 0.244 e. The molecule has 0 aliphatic rings. The van der Waals surface area contributed by atoms with E-state index in [1.54, 1.807) is 20.8 Å². The van der Waals surface area contributed by atoms with Crippen LogP contribution in [-0.2, 0) is 26.2 Å². The Morgan fingerprint density at radius 3 is 2.28 bits per heavy atom. The monoisotopic (exact) mass is 463 g/mol. The molecule has 0 aliphatic heterocycles. The molecule has 32 heavy (non-hydrogen) atoms. The average Bonchev–Trinajstić information content (AvgIpc) is 2.69. The molecule has 0 bridgehead atoms. The maximum absolute atomic E-state index is 14.3. The number of hydrogen-bond acceptors (Lipinski definition) is 4. The van der Waals surface area contributed by atoms with Gasteiger partial charge in [0.2, 0.25) is 21.8 Å². The number of halogens is 1. The van der Waals surface area contributed by atoms with Gasteiger partial charge in [-0.05, 0) is 45.4 Å². The lowest BCUT2D eigenvalue weighted by molar-refractivity contribution is -0.139. The molecule has 2 aromatic carbocycles.